The summed E-state index contributed by atoms with van der Waals surface area (Å²) >= 11 is 0. The van der Waals surface area contributed by atoms with Crippen LogP contribution in [0.25, 0.3) is 0 Å². The fourth-order valence-corrected chi connectivity index (χ4v) is 3.24. The molecule has 0 spiro atoms. The number of hydrogen-bond donors (Lipinski definition) is 1. The summed E-state index contributed by atoms with van der Waals surface area (Å²) in [5, 5.41) is 2.88. The Kier molecular flexibility index (Phi) is 4.41. The van der Waals surface area contributed by atoms with Crippen LogP contribution >= 0.6 is 0 Å². The van der Waals surface area contributed by atoms with Gasteiger partial charge in [0, 0.05) is 42.7 Å². The van der Waals surface area contributed by atoms with E-state index in [1.807, 2.05) is 17.9 Å². The predicted molar refractivity (Wildman–Crippen MR) is 98.3 cm³/mol. The Labute approximate surface area is 152 Å². The third kappa shape index (κ3) is 3.45. The molecule has 2 aromatic rings. The molecule has 0 unspecified atom stereocenters. The van der Waals surface area contributed by atoms with E-state index in [1.165, 1.54) is 0 Å². The third-order valence-corrected chi connectivity index (χ3v) is 4.99. The lowest BCUT2D eigenvalue weighted by Crippen LogP contribution is -2.27. The first-order valence-electron chi connectivity index (χ1n) is 9.15. The molecule has 134 valence electrons. The Morgan fingerprint density at radius 1 is 1.08 bits per heavy atom. The average Bonchev–Trinajstić information content (AvgIpc) is 3.37. The van der Waals surface area contributed by atoms with E-state index in [9.17, 15) is 9.59 Å². The molecular formula is C20H22N4O2. The number of aromatic nitrogens is 2. The number of nitrogens with one attached hydrogen (secondary N) is 1. The molecule has 2 aliphatic rings. The summed E-state index contributed by atoms with van der Waals surface area (Å²) in [6.07, 6.45) is 7.56. The summed E-state index contributed by atoms with van der Waals surface area (Å²) in [5.41, 5.74) is 2.66. The lowest BCUT2D eigenvalue weighted by atomic mass is 10.1. The number of benzene rings is 1. The molecule has 2 heterocycles. The van der Waals surface area contributed by atoms with Crippen LogP contribution in [0.5, 0.6) is 0 Å². The smallest absolute Gasteiger partial charge is 0.258 e. The van der Waals surface area contributed by atoms with Gasteiger partial charge in [0.05, 0.1) is 5.56 Å². The number of amides is 2. The first-order valence-corrected chi connectivity index (χ1v) is 9.15. The lowest BCUT2D eigenvalue weighted by molar-refractivity contribution is 0.0792. The van der Waals surface area contributed by atoms with Gasteiger partial charge in [-0.25, -0.2) is 9.97 Å². The number of rotatable bonds is 4. The highest BCUT2D eigenvalue weighted by atomic mass is 16.2. The van der Waals surface area contributed by atoms with Gasteiger partial charge in [-0.1, -0.05) is 0 Å². The Bertz CT molecular complexity index is 837. The van der Waals surface area contributed by atoms with Gasteiger partial charge in [0.2, 0.25) is 0 Å². The van der Waals surface area contributed by atoms with Gasteiger partial charge in [0.25, 0.3) is 11.8 Å². The Hall–Kier alpha value is -2.76. The Balaban J connectivity index is 1.45. The van der Waals surface area contributed by atoms with Crippen molar-refractivity contribution in [1.29, 1.82) is 0 Å². The second-order valence-electron chi connectivity index (χ2n) is 7.09. The average molecular weight is 350 g/mol. The first-order chi connectivity index (χ1) is 12.6. The Morgan fingerprint density at radius 3 is 2.38 bits per heavy atom. The second kappa shape index (κ2) is 6.86. The van der Waals surface area contributed by atoms with E-state index < -0.39 is 0 Å². The number of anilines is 1. The molecule has 1 N–H and O–H groups in total. The van der Waals surface area contributed by atoms with Crippen molar-refractivity contribution in [3.05, 3.63) is 53.1 Å². The van der Waals surface area contributed by atoms with E-state index in [2.05, 4.69) is 15.3 Å². The zero-order chi connectivity index (χ0) is 18.1. The molecule has 4 rings (SSSR count). The van der Waals surface area contributed by atoms with Crippen LogP contribution < -0.4 is 5.32 Å². The topological polar surface area (TPSA) is 75.2 Å². The summed E-state index contributed by atoms with van der Waals surface area (Å²) in [4.78, 5) is 35.3. The summed E-state index contributed by atoms with van der Waals surface area (Å²) in [6, 6.07) is 5.40. The molecule has 0 radical (unpaired) electrons. The third-order valence-electron chi connectivity index (χ3n) is 4.99. The molecule has 0 bridgehead atoms. The largest absolute Gasteiger partial charge is 0.339 e. The van der Waals surface area contributed by atoms with Crippen molar-refractivity contribution >= 4 is 17.5 Å². The fourth-order valence-electron chi connectivity index (χ4n) is 3.24. The SMILES string of the molecule is Cc1cc(C(=O)N2CCCC2)ccc1NC(=O)c1cnc(C2CC2)nc1. The molecule has 1 aromatic carbocycles. The van der Waals surface area contributed by atoms with Crippen molar-refractivity contribution in [2.75, 3.05) is 18.4 Å². The molecule has 26 heavy (non-hydrogen) atoms. The molecule has 1 aliphatic heterocycles. The number of aryl methyl sites for hydroxylation is 1. The summed E-state index contributed by atoms with van der Waals surface area (Å²) in [5.74, 6) is 1.11. The van der Waals surface area contributed by atoms with Crippen LogP contribution in [0.4, 0.5) is 5.69 Å². The van der Waals surface area contributed by atoms with Crippen LogP contribution in [0.3, 0.4) is 0 Å². The molecule has 6 heteroatoms. The number of nitrogens with zero attached hydrogens (tertiary/aromatic N) is 3. The second-order valence-corrected chi connectivity index (χ2v) is 7.09. The van der Waals surface area contributed by atoms with E-state index >= 15 is 0 Å². The highest BCUT2D eigenvalue weighted by molar-refractivity contribution is 6.04. The summed E-state index contributed by atoms with van der Waals surface area (Å²) in [7, 11) is 0. The van der Waals surface area contributed by atoms with Gasteiger partial charge in [-0.3, -0.25) is 9.59 Å². The van der Waals surface area contributed by atoms with Gasteiger partial charge in [0.15, 0.2) is 0 Å². The van der Waals surface area contributed by atoms with Crippen molar-refractivity contribution in [2.24, 2.45) is 0 Å². The molecule has 2 amide bonds. The highest BCUT2D eigenvalue weighted by Crippen LogP contribution is 2.37. The predicted octanol–water partition coefficient (Wildman–Crippen LogP) is 3.15. The van der Waals surface area contributed by atoms with Gasteiger partial charge < -0.3 is 10.2 Å². The lowest BCUT2D eigenvalue weighted by Gasteiger charge is -2.16. The maximum atomic E-state index is 12.5. The molecule has 1 saturated carbocycles. The molecule has 1 saturated heterocycles. The number of carbonyl (C=O) groups excluding carboxylic acids is 2. The number of likely N-dealkylation sites (tertiary alicyclic amines) is 1. The van der Waals surface area contributed by atoms with Crippen molar-refractivity contribution in [1.82, 2.24) is 14.9 Å². The summed E-state index contributed by atoms with van der Waals surface area (Å²) < 4.78 is 0. The maximum Gasteiger partial charge on any atom is 0.258 e. The van der Waals surface area contributed by atoms with Crippen molar-refractivity contribution in [3.8, 4) is 0 Å². The minimum Gasteiger partial charge on any atom is -0.339 e. The number of hydrogen-bond acceptors (Lipinski definition) is 4. The van der Waals surface area contributed by atoms with Crippen LogP contribution in [0.2, 0.25) is 0 Å². The Morgan fingerprint density at radius 2 is 1.77 bits per heavy atom. The number of carbonyl (C=O) groups is 2. The van der Waals surface area contributed by atoms with E-state index in [0.717, 1.165) is 50.2 Å². The zero-order valence-electron chi connectivity index (χ0n) is 14.9. The minimum absolute atomic E-state index is 0.0625. The van der Waals surface area contributed by atoms with Gasteiger partial charge in [-0.2, -0.15) is 0 Å². The highest BCUT2D eigenvalue weighted by Gasteiger charge is 2.26. The van der Waals surface area contributed by atoms with E-state index in [1.54, 1.807) is 24.5 Å². The van der Waals surface area contributed by atoms with Gasteiger partial charge in [0.1, 0.15) is 5.82 Å². The van der Waals surface area contributed by atoms with E-state index in [0.29, 0.717) is 22.7 Å². The van der Waals surface area contributed by atoms with Crippen molar-refractivity contribution in [2.45, 2.75) is 38.5 Å². The van der Waals surface area contributed by atoms with Crippen LogP contribution in [-0.4, -0.2) is 39.8 Å². The molecule has 6 nitrogen and oxygen atoms in total. The van der Waals surface area contributed by atoms with Gasteiger partial charge in [-0.15, -0.1) is 0 Å². The van der Waals surface area contributed by atoms with Crippen LogP contribution in [0, 0.1) is 6.92 Å². The van der Waals surface area contributed by atoms with Crippen LogP contribution in [-0.2, 0) is 0 Å². The molecule has 2 fully saturated rings. The van der Waals surface area contributed by atoms with E-state index in [4.69, 9.17) is 0 Å². The standard InChI is InChI=1S/C20H22N4O2/c1-13-10-15(20(26)24-8-2-3-9-24)6-7-17(13)23-19(25)16-11-21-18(22-12-16)14-4-5-14/h6-7,10-12,14H,2-5,8-9H2,1H3,(H,23,25). The summed E-state index contributed by atoms with van der Waals surface area (Å²) in [6.45, 7) is 3.55. The monoisotopic (exact) mass is 350 g/mol. The van der Waals surface area contributed by atoms with Crippen LogP contribution in [0.15, 0.2) is 30.6 Å². The first kappa shape index (κ1) is 16.7. The zero-order valence-corrected chi connectivity index (χ0v) is 14.9. The molecule has 1 aromatic heterocycles. The van der Waals surface area contributed by atoms with Crippen molar-refractivity contribution < 1.29 is 9.59 Å². The van der Waals surface area contributed by atoms with Crippen LogP contribution in [0.1, 0.15) is 63.7 Å². The minimum atomic E-state index is -0.242. The molecule has 1 aliphatic carbocycles. The van der Waals surface area contributed by atoms with E-state index in [-0.39, 0.29) is 11.8 Å². The fraction of sp³-hybridized carbons (Fsp3) is 0.400. The molecular weight excluding hydrogens is 328 g/mol. The van der Waals surface area contributed by atoms with Gasteiger partial charge in [-0.05, 0) is 56.4 Å². The molecule has 0 atom stereocenters. The normalized spacial score (nSPS) is 16.6. The maximum absolute atomic E-state index is 12.5. The quantitative estimate of drug-likeness (QED) is 0.919. The van der Waals surface area contributed by atoms with Gasteiger partial charge >= 0.3 is 0 Å². The van der Waals surface area contributed by atoms with Crippen molar-refractivity contribution in [3.63, 3.8) is 0 Å².